The molecule has 54 valence electrons. The van der Waals surface area contributed by atoms with Gasteiger partial charge in [-0.05, 0) is 20.8 Å². The molecular weight excluding hydrogens is 128 g/mol. The van der Waals surface area contributed by atoms with E-state index >= 15 is 0 Å². The second-order valence-corrected chi connectivity index (χ2v) is 2.39. The first kappa shape index (κ1) is 6.99. The lowest BCUT2D eigenvalue weighted by atomic mass is 10.2. The molecule has 0 radical (unpaired) electrons. The molecule has 0 aliphatic rings. The lowest BCUT2D eigenvalue weighted by molar-refractivity contribution is 0.907. The van der Waals surface area contributed by atoms with Crippen LogP contribution in [0.25, 0.3) is 0 Å². The number of hydrogen-bond donors (Lipinski definition) is 1. The number of aryl methyl sites for hydroxylation is 2. The molecule has 1 rings (SSSR count). The van der Waals surface area contributed by atoms with Crippen LogP contribution in [0.1, 0.15) is 17.0 Å². The molecule has 1 aromatic rings. The van der Waals surface area contributed by atoms with Crippen LogP contribution in [0.2, 0.25) is 0 Å². The van der Waals surface area contributed by atoms with Crippen molar-refractivity contribution < 1.29 is 0 Å². The summed E-state index contributed by atoms with van der Waals surface area (Å²) < 4.78 is 0. The summed E-state index contributed by atoms with van der Waals surface area (Å²) in [7, 11) is 0. The fourth-order valence-electron chi connectivity index (χ4n) is 0.744. The van der Waals surface area contributed by atoms with E-state index < -0.39 is 0 Å². The summed E-state index contributed by atoms with van der Waals surface area (Å²) in [5.41, 5.74) is 2.17. The van der Waals surface area contributed by atoms with Gasteiger partial charge in [0.15, 0.2) is 0 Å². The minimum atomic E-state index is 0.0382. The molecule has 0 unspecified atom stereocenters. The highest BCUT2D eigenvalue weighted by molar-refractivity contribution is 5.17. The van der Waals surface area contributed by atoms with Crippen LogP contribution in [0.5, 0.6) is 0 Å². The Labute approximate surface area is 59.1 Å². The van der Waals surface area contributed by atoms with Gasteiger partial charge in [-0.2, -0.15) is 5.10 Å². The minimum Gasteiger partial charge on any atom is -0.287 e. The molecule has 1 heterocycles. The lowest BCUT2D eigenvalue weighted by Gasteiger charge is -1.97. The molecule has 3 nitrogen and oxygen atoms in total. The number of hydrogen-bond acceptors (Lipinski definition) is 2. The fraction of sp³-hybridized carbons (Fsp3) is 0.429. The van der Waals surface area contributed by atoms with Crippen LogP contribution in [-0.2, 0) is 0 Å². The Hall–Kier alpha value is -1.12. The Morgan fingerprint density at radius 1 is 1.30 bits per heavy atom. The smallest absolute Gasteiger partial charge is 0.206 e. The molecule has 1 aromatic heterocycles. The van der Waals surface area contributed by atoms with Gasteiger partial charge in [-0.25, -0.2) is 0 Å². The monoisotopic (exact) mass is 138 g/mol. The molecule has 0 aliphatic heterocycles. The van der Waals surface area contributed by atoms with Crippen LogP contribution in [0.4, 0.5) is 0 Å². The number of nitrogens with one attached hydrogen (secondary N) is 1. The lowest BCUT2D eigenvalue weighted by Crippen LogP contribution is -2.14. The molecule has 10 heavy (non-hydrogen) atoms. The number of nitrogens with zero attached hydrogens (tertiary/aromatic N) is 1. The summed E-state index contributed by atoms with van der Waals surface area (Å²) in [4.78, 5) is 11.1. The Bertz CT molecular complexity index is 301. The van der Waals surface area contributed by atoms with Gasteiger partial charge in [0.2, 0.25) is 5.43 Å². The van der Waals surface area contributed by atoms with Crippen LogP contribution in [-0.4, -0.2) is 10.2 Å². The predicted octanol–water partition coefficient (Wildman–Crippen LogP) is 0.695. The van der Waals surface area contributed by atoms with Gasteiger partial charge in [-0.1, -0.05) is 0 Å². The predicted molar refractivity (Wildman–Crippen MR) is 39.1 cm³/mol. The van der Waals surface area contributed by atoms with Gasteiger partial charge in [0, 0.05) is 11.3 Å². The topological polar surface area (TPSA) is 45.8 Å². The fourth-order valence-corrected chi connectivity index (χ4v) is 0.744. The zero-order valence-corrected chi connectivity index (χ0v) is 6.36. The molecule has 0 aliphatic carbocycles. The van der Waals surface area contributed by atoms with Crippen molar-refractivity contribution in [3.05, 3.63) is 27.2 Å². The van der Waals surface area contributed by atoms with Crippen molar-refractivity contribution in [1.82, 2.24) is 10.2 Å². The summed E-state index contributed by atoms with van der Waals surface area (Å²) in [6, 6.07) is 0. The third-order valence-corrected chi connectivity index (χ3v) is 1.62. The molecule has 0 fully saturated rings. The van der Waals surface area contributed by atoms with Crippen LogP contribution in [0.15, 0.2) is 4.79 Å². The van der Waals surface area contributed by atoms with Crippen LogP contribution >= 0.6 is 0 Å². The largest absolute Gasteiger partial charge is 0.287 e. The molecule has 0 spiro atoms. The highest BCUT2D eigenvalue weighted by Gasteiger charge is 2.00. The number of rotatable bonds is 0. The quantitative estimate of drug-likeness (QED) is 0.573. The maximum atomic E-state index is 11.1. The second-order valence-electron chi connectivity index (χ2n) is 2.39. The van der Waals surface area contributed by atoms with E-state index in [1.165, 1.54) is 0 Å². The molecule has 3 heteroatoms. The SMILES string of the molecule is Cc1[nH]nc(C)c(=O)c1C. The van der Waals surface area contributed by atoms with Crippen LogP contribution in [0.3, 0.4) is 0 Å². The van der Waals surface area contributed by atoms with Gasteiger partial charge in [-0.3, -0.25) is 9.89 Å². The number of aromatic nitrogens is 2. The van der Waals surface area contributed by atoms with Gasteiger partial charge in [0.05, 0.1) is 0 Å². The molecule has 0 amide bonds. The van der Waals surface area contributed by atoms with Crippen molar-refractivity contribution >= 4 is 0 Å². The third kappa shape index (κ3) is 0.943. The number of aromatic amines is 1. The average Bonchev–Trinajstić information content (AvgIpc) is 1.93. The van der Waals surface area contributed by atoms with E-state index in [2.05, 4.69) is 10.2 Å². The maximum Gasteiger partial charge on any atom is 0.206 e. The third-order valence-electron chi connectivity index (χ3n) is 1.62. The van der Waals surface area contributed by atoms with E-state index in [-0.39, 0.29) is 5.43 Å². The van der Waals surface area contributed by atoms with E-state index in [1.54, 1.807) is 13.8 Å². The summed E-state index contributed by atoms with van der Waals surface area (Å²) in [5, 5.41) is 6.56. The van der Waals surface area contributed by atoms with Crippen molar-refractivity contribution in [1.29, 1.82) is 0 Å². The van der Waals surface area contributed by atoms with Crippen molar-refractivity contribution in [3.63, 3.8) is 0 Å². The molecule has 0 bridgehead atoms. The van der Waals surface area contributed by atoms with Gasteiger partial charge < -0.3 is 0 Å². The van der Waals surface area contributed by atoms with Gasteiger partial charge in [0.1, 0.15) is 5.69 Å². The summed E-state index contributed by atoms with van der Waals surface area (Å²) in [5.74, 6) is 0. The second kappa shape index (κ2) is 2.25. The standard InChI is InChI=1S/C7H10N2O/c1-4-5(2)8-9-6(3)7(4)10/h1-3H3,(H,8,10). The minimum absolute atomic E-state index is 0.0382. The van der Waals surface area contributed by atoms with Gasteiger partial charge in [-0.15, -0.1) is 0 Å². The average molecular weight is 138 g/mol. The normalized spacial score (nSPS) is 9.90. The molecular formula is C7H10N2O. The van der Waals surface area contributed by atoms with E-state index in [1.807, 2.05) is 6.92 Å². The molecule has 0 saturated heterocycles. The molecule has 1 N–H and O–H groups in total. The van der Waals surface area contributed by atoms with Crippen molar-refractivity contribution in [2.45, 2.75) is 20.8 Å². The van der Waals surface area contributed by atoms with Gasteiger partial charge >= 0.3 is 0 Å². The zero-order valence-electron chi connectivity index (χ0n) is 6.36. The van der Waals surface area contributed by atoms with Crippen LogP contribution < -0.4 is 5.43 Å². The Kier molecular flexibility index (Phi) is 1.57. The highest BCUT2D eigenvalue weighted by Crippen LogP contribution is 1.93. The van der Waals surface area contributed by atoms with Gasteiger partial charge in [0.25, 0.3) is 0 Å². The number of H-pyrrole nitrogens is 1. The zero-order chi connectivity index (χ0) is 7.72. The highest BCUT2D eigenvalue weighted by atomic mass is 16.1. The first-order chi connectivity index (χ1) is 4.63. The molecule has 0 atom stereocenters. The Morgan fingerprint density at radius 2 is 1.90 bits per heavy atom. The Morgan fingerprint density at radius 3 is 2.40 bits per heavy atom. The van der Waals surface area contributed by atoms with Crippen molar-refractivity contribution in [2.75, 3.05) is 0 Å². The first-order valence-corrected chi connectivity index (χ1v) is 3.15. The van der Waals surface area contributed by atoms with Crippen molar-refractivity contribution in [3.8, 4) is 0 Å². The van der Waals surface area contributed by atoms with E-state index in [9.17, 15) is 4.79 Å². The van der Waals surface area contributed by atoms with E-state index in [0.29, 0.717) is 5.69 Å². The van der Waals surface area contributed by atoms with E-state index in [0.717, 1.165) is 11.3 Å². The Balaban J connectivity index is 3.50. The first-order valence-electron chi connectivity index (χ1n) is 3.15. The summed E-state index contributed by atoms with van der Waals surface area (Å²) in [6.07, 6.45) is 0. The molecule has 0 saturated carbocycles. The summed E-state index contributed by atoms with van der Waals surface area (Å²) >= 11 is 0. The maximum absolute atomic E-state index is 11.1. The molecule has 0 aromatic carbocycles. The van der Waals surface area contributed by atoms with E-state index in [4.69, 9.17) is 0 Å². The van der Waals surface area contributed by atoms with Crippen molar-refractivity contribution in [2.24, 2.45) is 0 Å². The van der Waals surface area contributed by atoms with Crippen LogP contribution in [0, 0.1) is 20.8 Å². The summed E-state index contributed by atoms with van der Waals surface area (Å²) in [6.45, 7) is 5.33.